The molecule has 7 nitrogen and oxygen atoms in total. The molecule has 1 aliphatic heterocycles. The van der Waals surface area contributed by atoms with Gasteiger partial charge >= 0.3 is 0 Å². The molecular weight excluding hydrogens is 404 g/mol. The maximum absolute atomic E-state index is 13.0. The number of aromatic nitrogens is 3. The minimum atomic E-state index is 0.150. The number of hydrogen-bond donors (Lipinski definition) is 0. The third-order valence-electron chi connectivity index (χ3n) is 6.30. The number of rotatable bonds is 5. The van der Waals surface area contributed by atoms with E-state index >= 15 is 0 Å². The van der Waals surface area contributed by atoms with Crippen LogP contribution in [0.25, 0.3) is 22.3 Å². The van der Waals surface area contributed by atoms with E-state index in [1.165, 1.54) is 5.39 Å². The lowest BCUT2D eigenvalue weighted by molar-refractivity contribution is -0.132. The first kappa shape index (κ1) is 20.3. The summed E-state index contributed by atoms with van der Waals surface area (Å²) in [6, 6.07) is 17.9. The van der Waals surface area contributed by atoms with E-state index in [1.54, 1.807) is 7.11 Å². The topological polar surface area (TPSA) is 73.4 Å². The van der Waals surface area contributed by atoms with Crippen LogP contribution in [0.5, 0.6) is 5.75 Å². The molecule has 7 heteroatoms. The number of benzene rings is 2. The van der Waals surface area contributed by atoms with Gasteiger partial charge in [-0.1, -0.05) is 23.4 Å². The fraction of sp³-hybridized carbons (Fsp3) is 0.320. The molecule has 1 aliphatic rings. The molecule has 0 atom stereocenters. The first-order chi connectivity index (χ1) is 15.6. The Balaban J connectivity index is 1.22. The minimum absolute atomic E-state index is 0.150. The van der Waals surface area contributed by atoms with Gasteiger partial charge in [-0.05, 0) is 61.5 Å². The van der Waals surface area contributed by atoms with E-state index in [2.05, 4.69) is 39.8 Å². The number of piperidine rings is 1. The maximum atomic E-state index is 13.0. The molecule has 0 aliphatic carbocycles. The summed E-state index contributed by atoms with van der Waals surface area (Å²) in [6.45, 7) is 3.81. The highest BCUT2D eigenvalue weighted by Gasteiger charge is 2.28. The minimum Gasteiger partial charge on any atom is -0.497 e. The van der Waals surface area contributed by atoms with Crippen molar-refractivity contribution >= 4 is 16.8 Å². The van der Waals surface area contributed by atoms with Gasteiger partial charge in [0.15, 0.2) is 0 Å². The van der Waals surface area contributed by atoms with Crippen molar-refractivity contribution in [2.24, 2.45) is 0 Å². The second kappa shape index (κ2) is 8.49. The molecule has 1 saturated heterocycles. The zero-order valence-corrected chi connectivity index (χ0v) is 18.3. The van der Waals surface area contributed by atoms with Gasteiger partial charge in [0, 0.05) is 35.8 Å². The molecular formula is C25H26N4O3. The number of carbonyl (C=O) groups excluding carboxylic acids is 1. The Labute approximate surface area is 186 Å². The predicted molar refractivity (Wildman–Crippen MR) is 122 cm³/mol. The normalized spacial score (nSPS) is 14.8. The molecule has 4 aromatic rings. The van der Waals surface area contributed by atoms with Crippen molar-refractivity contribution in [1.29, 1.82) is 0 Å². The molecule has 0 spiro atoms. The molecule has 5 rings (SSSR count). The smallest absolute Gasteiger partial charge is 0.242 e. The molecule has 1 amide bonds. The highest BCUT2D eigenvalue weighted by atomic mass is 16.5. The van der Waals surface area contributed by atoms with Crippen LogP contribution < -0.4 is 4.74 Å². The fourth-order valence-corrected chi connectivity index (χ4v) is 4.43. The lowest BCUT2D eigenvalue weighted by Gasteiger charge is -2.30. The number of ether oxygens (including phenoxy) is 1. The highest BCUT2D eigenvalue weighted by Crippen LogP contribution is 2.29. The molecule has 0 saturated carbocycles. The second-order valence-corrected chi connectivity index (χ2v) is 8.27. The summed E-state index contributed by atoms with van der Waals surface area (Å²) < 4.78 is 12.9. The molecule has 1 fully saturated rings. The van der Waals surface area contributed by atoms with E-state index < -0.39 is 0 Å². The van der Waals surface area contributed by atoms with E-state index in [0.29, 0.717) is 31.3 Å². The van der Waals surface area contributed by atoms with Gasteiger partial charge < -0.3 is 18.7 Å². The molecule has 2 aromatic carbocycles. The first-order valence-electron chi connectivity index (χ1n) is 10.9. The van der Waals surface area contributed by atoms with Crippen molar-refractivity contribution in [2.45, 2.75) is 32.2 Å². The molecule has 0 unspecified atom stereocenters. The number of fused-ring (bicyclic) bond motifs is 1. The number of nitrogens with zero attached hydrogens (tertiary/aromatic N) is 4. The Kier molecular flexibility index (Phi) is 5.39. The van der Waals surface area contributed by atoms with Crippen LogP contribution in [-0.4, -0.2) is 45.7 Å². The largest absolute Gasteiger partial charge is 0.497 e. The quantitative estimate of drug-likeness (QED) is 0.469. The number of amides is 1. The van der Waals surface area contributed by atoms with Crippen molar-refractivity contribution in [1.82, 2.24) is 19.6 Å². The summed E-state index contributed by atoms with van der Waals surface area (Å²) in [5, 5.41) is 5.32. The van der Waals surface area contributed by atoms with E-state index in [4.69, 9.17) is 9.26 Å². The average Bonchev–Trinajstić information content (AvgIpc) is 3.44. The van der Waals surface area contributed by atoms with Gasteiger partial charge in [0.25, 0.3) is 0 Å². The van der Waals surface area contributed by atoms with Crippen LogP contribution in [0.3, 0.4) is 0 Å². The Morgan fingerprint density at radius 1 is 1.12 bits per heavy atom. The second-order valence-electron chi connectivity index (χ2n) is 8.27. The number of carbonyl (C=O) groups is 1. The van der Waals surface area contributed by atoms with Crippen LogP contribution in [0, 0.1) is 6.92 Å². The molecule has 3 heterocycles. The summed E-state index contributed by atoms with van der Waals surface area (Å²) >= 11 is 0. The molecule has 2 aromatic heterocycles. The van der Waals surface area contributed by atoms with Gasteiger partial charge in [-0.3, -0.25) is 4.79 Å². The molecule has 0 radical (unpaired) electrons. The average molecular weight is 431 g/mol. The molecule has 164 valence electrons. The standard InChI is InChI=1S/C25H26N4O3/c1-17-15-20-5-3-4-6-22(20)29(17)16-23(30)28-13-11-19(12-14-28)25-26-24(27-32-25)18-7-9-21(31-2)10-8-18/h3-10,15,19H,11-14,16H2,1-2H3. The SMILES string of the molecule is COc1ccc(-c2noc(C3CCN(C(=O)Cn4c(C)cc5ccccc54)CC3)n2)cc1. The van der Waals surface area contributed by atoms with Crippen LogP contribution in [0.1, 0.15) is 30.3 Å². The van der Waals surface area contributed by atoms with Crippen LogP contribution >= 0.6 is 0 Å². The maximum Gasteiger partial charge on any atom is 0.242 e. The first-order valence-corrected chi connectivity index (χ1v) is 10.9. The summed E-state index contributed by atoms with van der Waals surface area (Å²) in [5.74, 6) is 2.34. The van der Waals surface area contributed by atoms with Crippen LogP contribution in [-0.2, 0) is 11.3 Å². The Morgan fingerprint density at radius 2 is 1.88 bits per heavy atom. The van der Waals surface area contributed by atoms with Gasteiger partial charge in [0.05, 0.1) is 7.11 Å². The third-order valence-corrected chi connectivity index (χ3v) is 6.30. The van der Waals surface area contributed by atoms with Gasteiger partial charge in [0.2, 0.25) is 17.6 Å². The van der Waals surface area contributed by atoms with Crippen molar-refractivity contribution < 1.29 is 14.1 Å². The lowest BCUT2D eigenvalue weighted by atomic mass is 9.96. The van der Waals surface area contributed by atoms with Crippen molar-refractivity contribution in [3.05, 3.63) is 66.2 Å². The van der Waals surface area contributed by atoms with E-state index in [0.717, 1.165) is 35.4 Å². The number of likely N-dealkylation sites (tertiary alicyclic amines) is 1. The van der Waals surface area contributed by atoms with E-state index in [-0.39, 0.29) is 11.8 Å². The molecule has 0 bridgehead atoms. The number of aryl methyl sites for hydroxylation is 1. The zero-order valence-electron chi connectivity index (χ0n) is 18.3. The fourth-order valence-electron chi connectivity index (χ4n) is 4.43. The van der Waals surface area contributed by atoms with Gasteiger partial charge in [-0.2, -0.15) is 4.98 Å². The Morgan fingerprint density at radius 3 is 2.62 bits per heavy atom. The molecule has 32 heavy (non-hydrogen) atoms. The number of hydrogen-bond acceptors (Lipinski definition) is 5. The summed E-state index contributed by atoms with van der Waals surface area (Å²) in [4.78, 5) is 19.5. The third kappa shape index (κ3) is 3.86. The van der Waals surface area contributed by atoms with Gasteiger partial charge in [-0.25, -0.2) is 0 Å². The summed E-state index contributed by atoms with van der Waals surface area (Å²) in [6.07, 6.45) is 1.64. The monoisotopic (exact) mass is 430 g/mol. The van der Waals surface area contributed by atoms with E-state index in [1.807, 2.05) is 41.3 Å². The van der Waals surface area contributed by atoms with Crippen molar-refractivity contribution in [2.75, 3.05) is 20.2 Å². The van der Waals surface area contributed by atoms with Gasteiger partial charge in [-0.15, -0.1) is 0 Å². The number of para-hydroxylation sites is 1. The zero-order chi connectivity index (χ0) is 22.1. The highest BCUT2D eigenvalue weighted by molar-refractivity contribution is 5.84. The van der Waals surface area contributed by atoms with Crippen molar-refractivity contribution in [3.63, 3.8) is 0 Å². The van der Waals surface area contributed by atoms with Crippen molar-refractivity contribution in [3.8, 4) is 17.1 Å². The van der Waals surface area contributed by atoms with Crippen LogP contribution in [0.4, 0.5) is 0 Å². The van der Waals surface area contributed by atoms with E-state index in [9.17, 15) is 4.79 Å². The van der Waals surface area contributed by atoms with Crippen LogP contribution in [0.2, 0.25) is 0 Å². The summed E-state index contributed by atoms with van der Waals surface area (Å²) in [7, 11) is 1.64. The van der Waals surface area contributed by atoms with Gasteiger partial charge in [0.1, 0.15) is 12.3 Å². The number of methoxy groups -OCH3 is 1. The summed E-state index contributed by atoms with van der Waals surface area (Å²) in [5.41, 5.74) is 3.10. The Bertz CT molecular complexity index is 1230. The van der Waals surface area contributed by atoms with Crippen LogP contribution in [0.15, 0.2) is 59.1 Å². The lowest BCUT2D eigenvalue weighted by Crippen LogP contribution is -2.39. The predicted octanol–water partition coefficient (Wildman–Crippen LogP) is 4.41. The molecule has 0 N–H and O–H groups in total. The Hall–Kier alpha value is -3.61.